The van der Waals surface area contributed by atoms with Crippen LogP contribution in [0.1, 0.15) is 44.2 Å². The summed E-state index contributed by atoms with van der Waals surface area (Å²) in [5, 5.41) is 16.9. The maximum absolute atomic E-state index is 10.2. The van der Waals surface area contributed by atoms with E-state index in [9.17, 15) is 5.11 Å². The minimum Gasteiger partial charge on any atom is -0.497 e. The number of likely N-dealkylation sites (tertiary alicyclic amines) is 1. The second kappa shape index (κ2) is 14.1. The summed E-state index contributed by atoms with van der Waals surface area (Å²) in [7, 11) is 1.71. The molecule has 1 aromatic carbocycles. The molecule has 0 spiro atoms. The molecule has 1 aromatic rings. The van der Waals surface area contributed by atoms with Crippen LogP contribution in [0.25, 0.3) is 0 Å². The van der Waals surface area contributed by atoms with Gasteiger partial charge in [0.25, 0.3) is 0 Å². The van der Waals surface area contributed by atoms with Crippen molar-refractivity contribution < 1.29 is 14.6 Å². The number of nitrogens with zero attached hydrogens (tertiary/aromatic N) is 2. The van der Waals surface area contributed by atoms with Gasteiger partial charge in [-0.3, -0.25) is 9.89 Å². The van der Waals surface area contributed by atoms with Crippen LogP contribution in [0.4, 0.5) is 0 Å². The fraction of sp³-hybridized carbons (Fsp3) is 0.696. The van der Waals surface area contributed by atoms with Gasteiger partial charge in [0.15, 0.2) is 5.96 Å². The molecule has 3 N–H and O–H groups in total. The van der Waals surface area contributed by atoms with E-state index in [1.165, 1.54) is 31.2 Å². The maximum Gasteiger partial charge on any atom is 0.191 e. The first kappa shape index (κ1) is 26.2. The summed E-state index contributed by atoms with van der Waals surface area (Å²) in [5.74, 6) is 2.32. The minimum atomic E-state index is -0.577. The van der Waals surface area contributed by atoms with Gasteiger partial charge in [0.2, 0.25) is 0 Å². The Balaban J connectivity index is 0.00000341. The third-order valence-electron chi connectivity index (χ3n) is 5.69. The second-order valence-electron chi connectivity index (χ2n) is 8.27. The Morgan fingerprint density at radius 1 is 1.26 bits per heavy atom. The topological polar surface area (TPSA) is 78.4 Å². The third-order valence-corrected chi connectivity index (χ3v) is 5.69. The number of aliphatic hydroxyl groups is 1. The van der Waals surface area contributed by atoms with E-state index in [1.807, 2.05) is 13.0 Å². The van der Waals surface area contributed by atoms with E-state index in [2.05, 4.69) is 38.7 Å². The average molecular weight is 546 g/mol. The molecule has 0 aromatic heterocycles. The van der Waals surface area contributed by atoms with Gasteiger partial charge >= 0.3 is 0 Å². The summed E-state index contributed by atoms with van der Waals surface area (Å²) in [6, 6.07) is 8.57. The van der Waals surface area contributed by atoms with Crippen molar-refractivity contribution >= 4 is 29.9 Å². The molecule has 2 unspecified atom stereocenters. The van der Waals surface area contributed by atoms with Gasteiger partial charge in [-0.25, -0.2) is 0 Å². The van der Waals surface area contributed by atoms with E-state index in [0.29, 0.717) is 19.1 Å². The summed E-state index contributed by atoms with van der Waals surface area (Å²) in [5.41, 5.74) is 1.24. The SMILES string of the molecule is CCNC(=NCC(O)COCC1CC1)NCC(c1cccc(OC)c1)N1CCCC1.I. The van der Waals surface area contributed by atoms with Crippen molar-refractivity contribution in [3.8, 4) is 5.75 Å². The third kappa shape index (κ3) is 9.11. The highest BCUT2D eigenvalue weighted by Crippen LogP contribution is 2.29. The van der Waals surface area contributed by atoms with E-state index in [4.69, 9.17) is 9.47 Å². The summed E-state index contributed by atoms with van der Waals surface area (Å²) in [6.07, 6.45) is 4.41. The Bertz CT molecular complexity index is 666. The number of hydrogen-bond donors (Lipinski definition) is 3. The molecule has 3 rings (SSSR count). The van der Waals surface area contributed by atoms with Gasteiger partial charge in [-0.2, -0.15) is 0 Å². The number of benzene rings is 1. The fourth-order valence-corrected chi connectivity index (χ4v) is 3.80. The Hall–Kier alpha value is -1.10. The highest BCUT2D eigenvalue weighted by atomic mass is 127. The lowest BCUT2D eigenvalue weighted by atomic mass is 10.1. The summed E-state index contributed by atoms with van der Waals surface area (Å²) >= 11 is 0. The highest BCUT2D eigenvalue weighted by Gasteiger charge is 2.24. The highest BCUT2D eigenvalue weighted by molar-refractivity contribution is 14.0. The molecule has 2 fully saturated rings. The molecule has 1 aliphatic heterocycles. The molecule has 2 atom stereocenters. The van der Waals surface area contributed by atoms with Crippen molar-refractivity contribution in [3.63, 3.8) is 0 Å². The summed E-state index contributed by atoms with van der Waals surface area (Å²) < 4.78 is 11.0. The smallest absolute Gasteiger partial charge is 0.191 e. The number of hydrogen-bond acceptors (Lipinski definition) is 5. The quantitative estimate of drug-likeness (QED) is 0.213. The monoisotopic (exact) mass is 546 g/mol. The van der Waals surface area contributed by atoms with Crippen LogP contribution >= 0.6 is 24.0 Å². The van der Waals surface area contributed by atoms with Crippen molar-refractivity contribution in [2.75, 3.05) is 53.0 Å². The summed E-state index contributed by atoms with van der Waals surface area (Å²) in [6.45, 7) is 7.21. The molecule has 1 heterocycles. The number of aliphatic hydroxyl groups excluding tert-OH is 1. The van der Waals surface area contributed by atoms with Crippen LogP contribution in [0.15, 0.2) is 29.3 Å². The van der Waals surface area contributed by atoms with E-state index in [-0.39, 0.29) is 30.0 Å². The Kier molecular flexibility index (Phi) is 11.9. The first-order valence-electron chi connectivity index (χ1n) is 11.4. The summed E-state index contributed by atoms with van der Waals surface area (Å²) in [4.78, 5) is 7.09. The average Bonchev–Trinajstić information content (AvgIpc) is 3.43. The Morgan fingerprint density at radius 3 is 2.71 bits per heavy atom. The zero-order valence-corrected chi connectivity index (χ0v) is 21.2. The lowest BCUT2D eigenvalue weighted by molar-refractivity contribution is 0.0368. The molecule has 2 aliphatic rings. The molecule has 0 radical (unpaired) electrons. The molecule has 176 valence electrons. The number of ether oxygens (including phenoxy) is 2. The Morgan fingerprint density at radius 2 is 2.03 bits per heavy atom. The van der Waals surface area contributed by atoms with Crippen molar-refractivity contribution in [3.05, 3.63) is 29.8 Å². The van der Waals surface area contributed by atoms with Crippen LogP contribution in [0, 0.1) is 5.92 Å². The van der Waals surface area contributed by atoms with Crippen LogP contribution in [0.2, 0.25) is 0 Å². The zero-order chi connectivity index (χ0) is 21.2. The molecular weight excluding hydrogens is 507 g/mol. The molecular formula is C23H39IN4O3. The van der Waals surface area contributed by atoms with Crippen LogP contribution in [0.5, 0.6) is 5.75 Å². The normalized spacial score (nSPS) is 18.9. The van der Waals surface area contributed by atoms with Crippen LogP contribution in [-0.4, -0.2) is 75.1 Å². The number of methoxy groups -OCH3 is 1. The van der Waals surface area contributed by atoms with Crippen LogP contribution in [-0.2, 0) is 4.74 Å². The van der Waals surface area contributed by atoms with Gasteiger partial charge in [0.1, 0.15) is 5.75 Å². The molecule has 1 aliphatic carbocycles. The molecule has 1 saturated carbocycles. The molecule has 0 bridgehead atoms. The number of aliphatic imine (C=N–C) groups is 1. The van der Waals surface area contributed by atoms with Gasteiger partial charge in [0.05, 0.1) is 32.4 Å². The van der Waals surface area contributed by atoms with E-state index >= 15 is 0 Å². The van der Waals surface area contributed by atoms with Gasteiger partial charge in [-0.1, -0.05) is 12.1 Å². The Labute approximate surface area is 204 Å². The zero-order valence-electron chi connectivity index (χ0n) is 18.9. The predicted octanol–water partition coefficient (Wildman–Crippen LogP) is 2.79. The maximum atomic E-state index is 10.2. The predicted molar refractivity (Wildman–Crippen MR) is 135 cm³/mol. The minimum absolute atomic E-state index is 0. The van der Waals surface area contributed by atoms with E-state index in [1.54, 1.807) is 7.11 Å². The van der Waals surface area contributed by atoms with Crippen molar-refractivity contribution in [1.29, 1.82) is 0 Å². The lowest BCUT2D eigenvalue weighted by Gasteiger charge is -2.29. The molecule has 8 heteroatoms. The largest absolute Gasteiger partial charge is 0.497 e. The van der Waals surface area contributed by atoms with Gasteiger partial charge in [-0.15, -0.1) is 24.0 Å². The molecule has 1 saturated heterocycles. The van der Waals surface area contributed by atoms with Gasteiger partial charge in [0, 0.05) is 19.7 Å². The number of guanidine groups is 1. The number of nitrogens with one attached hydrogen (secondary N) is 2. The van der Waals surface area contributed by atoms with Gasteiger partial charge < -0.3 is 25.2 Å². The number of halogens is 1. The first-order valence-corrected chi connectivity index (χ1v) is 11.4. The second-order valence-corrected chi connectivity index (χ2v) is 8.27. The van der Waals surface area contributed by atoms with Gasteiger partial charge in [-0.05, 0) is 69.3 Å². The van der Waals surface area contributed by atoms with Crippen molar-refractivity contribution in [2.45, 2.75) is 44.8 Å². The van der Waals surface area contributed by atoms with Crippen LogP contribution in [0.3, 0.4) is 0 Å². The van der Waals surface area contributed by atoms with Crippen LogP contribution < -0.4 is 15.4 Å². The molecule has 31 heavy (non-hydrogen) atoms. The standard InChI is InChI=1S/C23H38N4O3.HI/c1-3-24-23(25-14-20(28)17-30-16-18-9-10-18)26-15-22(27-11-4-5-12-27)19-7-6-8-21(13-19)29-2;/h6-8,13,18,20,22,28H,3-5,9-12,14-17H2,1-2H3,(H2,24,25,26);1H. The van der Waals surface area contributed by atoms with E-state index < -0.39 is 6.10 Å². The number of rotatable bonds is 12. The van der Waals surface area contributed by atoms with Crippen molar-refractivity contribution in [2.24, 2.45) is 10.9 Å². The lowest BCUT2D eigenvalue weighted by Crippen LogP contribution is -2.43. The van der Waals surface area contributed by atoms with Crippen molar-refractivity contribution in [1.82, 2.24) is 15.5 Å². The fourth-order valence-electron chi connectivity index (χ4n) is 3.80. The molecule has 0 amide bonds. The van der Waals surface area contributed by atoms with E-state index in [0.717, 1.165) is 44.5 Å². The first-order chi connectivity index (χ1) is 14.7. The molecule has 7 nitrogen and oxygen atoms in total.